The normalized spacial score (nSPS) is 12.1. The summed E-state index contributed by atoms with van der Waals surface area (Å²) < 4.78 is 0. The van der Waals surface area contributed by atoms with Crippen molar-refractivity contribution < 1.29 is 0 Å². The lowest BCUT2D eigenvalue weighted by Crippen LogP contribution is -2.67. The van der Waals surface area contributed by atoms with E-state index in [0.29, 0.717) is 0 Å². The highest BCUT2D eigenvalue weighted by molar-refractivity contribution is 6.14. The molecule has 0 amide bonds. The van der Waals surface area contributed by atoms with Gasteiger partial charge in [-0.3, -0.25) is 16.0 Å². The highest BCUT2D eigenvalue weighted by Gasteiger charge is 2.20. The van der Waals surface area contributed by atoms with E-state index >= 15 is 0 Å². The van der Waals surface area contributed by atoms with Crippen molar-refractivity contribution in [3.63, 3.8) is 0 Å². The molecule has 0 spiro atoms. The summed E-state index contributed by atoms with van der Waals surface area (Å²) in [5, 5.41) is 11.3. The van der Waals surface area contributed by atoms with Gasteiger partial charge in [0.15, 0.2) is 0 Å². The molecule has 0 saturated heterocycles. The first-order valence-electron chi connectivity index (χ1n) is 10.4. The van der Waals surface area contributed by atoms with E-state index in [0.717, 1.165) is 29.9 Å². The summed E-state index contributed by atoms with van der Waals surface area (Å²) in [6.45, 7) is 10.2. The molecule has 0 heterocycles. The summed E-state index contributed by atoms with van der Waals surface area (Å²) >= 11 is 0. The minimum absolute atomic E-state index is 0.0324. The quantitative estimate of drug-likeness (QED) is 0.203. The number of unbranched alkanes of at least 4 members (excludes halogenated alkanes) is 9. The maximum absolute atomic E-state index is 3.78. The van der Waals surface area contributed by atoms with Gasteiger partial charge in [-0.05, 0) is 38.9 Å². The van der Waals surface area contributed by atoms with Gasteiger partial charge >= 0.3 is 0 Å². The average Bonchev–Trinajstić information content (AvgIpc) is 2.54. The van der Waals surface area contributed by atoms with Gasteiger partial charge in [-0.25, -0.2) is 0 Å². The second-order valence-corrected chi connectivity index (χ2v) is 8.59. The third-order valence-corrected chi connectivity index (χ3v) is 5.59. The van der Waals surface area contributed by atoms with Crippen LogP contribution in [0.5, 0.6) is 0 Å². The number of rotatable bonds is 18. The molecular formula is C19H45N3Si. The Bertz CT molecular complexity index is 201. The van der Waals surface area contributed by atoms with Crippen molar-refractivity contribution in [1.29, 1.82) is 0 Å². The fraction of sp³-hybridized carbons (Fsp3) is 1.00. The van der Waals surface area contributed by atoms with E-state index in [4.69, 9.17) is 0 Å². The summed E-state index contributed by atoms with van der Waals surface area (Å²) in [5.41, 5.74) is 0.0324. The van der Waals surface area contributed by atoms with Crippen molar-refractivity contribution in [2.24, 2.45) is 0 Å². The molecule has 0 radical (unpaired) electrons. The van der Waals surface area contributed by atoms with E-state index in [2.05, 4.69) is 36.7 Å². The van der Waals surface area contributed by atoms with Crippen LogP contribution in [0, 0.1) is 0 Å². The van der Waals surface area contributed by atoms with Crippen LogP contribution in [0.25, 0.3) is 0 Å². The van der Waals surface area contributed by atoms with Gasteiger partial charge in [0, 0.05) is 0 Å². The first-order chi connectivity index (χ1) is 11.2. The minimum atomic E-state index is 0.0324. The van der Waals surface area contributed by atoms with Gasteiger partial charge in [0.25, 0.3) is 0 Å². The molecule has 4 heteroatoms. The van der Waals surface area contributed by atoms with E-state index < -0.39 is 0 Å². The molecule has 3 N–H and O–H groups in total. The van der Waals surface area contributed by atoms with E-state index in [1.165, 1.54) is 77.0 Å². The molecule has 0 fully saturated rings. The number of nitrogens with one attached hydrogen (secondary N) is 3. The van der Waals surface area contributed by atoms with Crippen LogP contribution >= 0.6 is 0 Å². The first-order valence-corrected chi connectivity index (χ1v) is 11.4. The zero-order chi connectivity index (χ0) is 17.2. The standard InChI is InChI=1S/C19H45N3Si/c1-4-7-10-13-16-20-19(23,21-17-14-11-8-5-2)22-18-15-12-9-6-3/h20-22H,4-18H2,1-3,23H3. The Morgan fingerprint density at radius 3 is 1.09 bits per heavy atom. The van der Waals surface area contributed by atoms with Gasteiger partial charge < -0.3 is 0 Å². The van der Waals surface area contributed by atoms with Crippen LogP contribution in [0.1, 0.15) is 97.8 Å². The lowest BCUT2D eigenvalue weighted by atomic mass is 10.2. The second kappa shape index (κ2) is 16.9. The Morgan fingerprint density at radius 1 is 0.522 bits per heavy atom. The summed E-state index contributed by atoms with van der Waals surface area (Å²) in [7, 11) is 1.09. The molecule has 0 aliphatic heterocycles. The van der Waals surface area contributed by atoms with Crippen LogP contribution in [-0.2, 0) is 0 Å². The van der Waals surface area contributed by atoms with Crippen molar-refractivity contribution in [3.05, 3.63) is 0 Å². The van der Waals surface area contributed by atoms with E-state index in [9.17, 15) is 0 Å². The molecule has 0 bridgehead atoms. The molecule has 0 saturated carbocycles. The largest absolute Gasteiger partial charge is 0.291 e. The molecule has 0 aliphatic carbocycles. The van der Waals surface area contributed by atoms with Crippen LogP contribution in [0.4, 0.5) is 0 Å². The minimum Gasteiger partial charge on any atom is -0.291 e. The lowest BCUT2D eigenvalue weighted by molar-refractivity contribution is 0.296. The predicted molar refractivity (Wildman–Crippen MR) is 109 cm³/mol. The molecule has 23 heavy (non-hydrogen) atoms. The van der Waals surface area contributed by atoms with Crippen LogP contribution in [0.3, 0.4) is 0 Å². The Morgan fingerprint density at radius 2 is 0.826 bits per heavy atom. The Balaban J connectivity index is 4.00. The fourth-order valence-corrected chi connectivity index (χ4v) is 3.61. The van der Waals surface area contributed by atoms with Crippen LogP contribution in [0.2, 0.25) is 0 Å². The van der Waals surface area contributed by atoms with Gasteiger partial charge in [-0.15, -0.1) is 0 Å². The zero-order valence-electron chi connectivity index (χ0n) is 16.6. The van der Waals surface area contributed by atoms with Crippen LogP contribution in [0.15, 0.2) is 0 Å². The first kappa shape index (κ1) is 23.1. The fourth-order valence-electron chi connectivity index (χ4n) is 2.86. The van der Waals surface area contributed by atoms with Crippen molar-refractivity contribution >= 4 is 10.2 Å². The average molecular weight is 344 g/mol. The highest BCUT2D eigenvalue weighted by Crippen LogP contribution is 2.02. The lowest BCUT2D eigenvalue weighted by Gasteiger charge is -2.34. The van der Waals surface area contributed by atoms with Crippen molar-refractivity contribution in [3.8, 4) is 0 Å². The molecule has 3 nitrogen and oxygen atoms in total. The van der Waals surface area contributed by atoms with Gasteiger partial charge in [-0.1, -0.05) is 78.6 Å². The second-order valence-electron chi connectivity index (χ2n) is 7.09. The van der Waals surface area contributed by atoms with Gasteiger partial charge in [-0.2, -0.15) is 0 Å². The monoisotopic (exact) mass is 343 g/mol. The van der Waals surface area contributed by atoms with E-state index in [-0.39, 0.29) is 5.41 Å². The summed E-state index contributed by atoms with van der Waals surface area (Å²) in [6, 6.07) is 0. The molecule has 0 rings (SSSR count). The molecule has 0 aromatic carbocycles. The third kappa shape index (κ3) is 15.4. The van der Waals surface area contributed by atoms with Crippen molar-refractivity contribution in [2.75, 3.05) is 19.6 Å². The van der Waals surface area contributed by atoms with Crippen molar-refractivity contribution in [1.82, 2.24) is 16.0 Å². The molecule has 0 aliphatic rings. The third-order valence-electron chi connectivity index (χ3n) is 4.53. The molecule has 0 aromatic heterocycles. The summed E-state index contributed by atoms with van der Waals surface area (Å²) in [4.78, 5) is 0. The molecule has 0 atom stereocenters. The van der Waals surface area contributed by atoms with Gasteiger partial charge in [0.2, 0.25) is 0 Å². The van der Waals surface area contributed by atoms with E-state index in [1.54, 1.807) is 0 Å². The Labute approximate surface area is 149 Å². The highest BCUT2D eigenvalue weighted by atomic mass is 28.1. The summed E-state index contributed by atoms with van der Waals surface area (Å²) in [5.74, 6) is 0. The Kier molecular flexibility index (Phi) is 17.0. The molecule has 0 unspecified atom stereocenters. The van der Waals surface area contributed by atoms with E-state index in [1.807, 2.05) is 0 Å². The zero-order valence-corrected chi connectivity index (χ0v) is 18.6. The molecule has 0 aromatic rings. The number of hydrogen-bond acceptors (Lipinski definition) is 3. The van der Waals surface area contributed by atoms with Crippen LogP contribution in [-0.4, -0.2) is 35.3 Å². The summed E-state index contributed by atoms with van der Waals surface area (Å²) in [6.07, 6.45) is 16.0. The molecule has 140 valence electrons. The van der Waals surface area contributed by atoms with Gasteiger partial charge in [0.05, 0.1) is 15.7 Å². The predicted octanol–water partition coefficient (Wildman–Crippen LogP) is 3.47. The van der Waals surface area contributed by atoms with Crippen LogP contribution < -0.4 is 16.0 Å². The SMILES string of the molecule is CCCCCCNC([SiH3])(NCCCCCC)NCCCCCC. The Hall–Kier alpha value is 0.0969. The van der Waals surface area contributed by atoms with Gasteiger partial charge in [0.1, 0.15) is 0 Å². The molecular weight excluding hydrogens is 298 g/mol. The maximum atomic E-state index is 3.78. The smallest absolute Gasteiger partial charge is 0.0971 e. The maximum Gasteiger partial charge on any atom is 0.0971 e. The topological polar surface area (TPSA) is 36.1 Å². The van der Waals surface area contributed by atoms with Crippen molar-refractivity contribution in [2.45, 2.75) is 103 Å². The number of hydrogen-bond donors (Lipinski definition) is 3.